The summed E-state index contributed by atoms with van der Waals surface area (Å²) in [6.07, 6.45) is 3.74. The molecular weight excluding hydrogens is 299 g/mol. The van der Waals surface area contributed by atoms with Gasteiger partial charge in [-0.25, -0.2) is 0 Å². The number of halogens is 2. The summed E-state index contributed by atoms with van der Waals surface area (Å²) in [5.41, 5.74) is 0.682. The molecule has 0 saturated carbocycles. The van der Waals surface area contributed by atoms with E-state index in [2.05, 4.69) is 10.6 Å². The summed E-state index contributed by atoms with van der Waals surface area (Å²) >= 11 is 11.7. The Kier molecular flexibility index (Phi) is 7.12. The third kappa shape index (κ3) is 6.08. The van der Waals surface area contributed by atoms with Crippen LogP contribution in [-0.2, 0) is 9.59 Å². The summed E-state index contributed by atoms with van der Waals surface area (Å²) in [6.45, 7) is 2.51. The van der Waals surface area contributed by atoms with Crippen molar-refractivity contribution >= 4 is 41.1 Å². The highest BCUT2D eigenvalue weighted by atomic mass is 35.5. The Hall–Kier alpha value is -1.52. The molecule has 20 heavy (non-hydrogen) atoms. The monoisotopic (exact) mass is 314 g/mol. The molecule has 1 rings (SSSR count). The van der Waals surface area contributed by atoms with Gasteiger partial charge in [-0.1, -0.05) is 36.2 Å². The van der Waals surface area contributed by atoms with Crippen molar-refractivity contribution in [2.45, 2.75) is 13.3 Å². The number of amides is 2. The van der Waals surface area contributed by atoms with Crippen molar-refractivity contribution in [1.29, 1.82) is 0 Å². The lowest BCUT2D eigenvalue weighted by molar-refractivity contribution is -0.123. The van der Waals surface area contributed by atoms with E-state index in [1.165, 1.54) is 6.08 Å². The first kappa shape index (κ1) is 16.5. The number of carbonyl (C=O) groups excluding carboxylic acids is 2. The molecule has 0 spiro atoms. The second-order valence-corrected chi connectivity index (χ2v) is 4.91. The van der Waals surface area contributed by atoms with E-state index in [0.717, 1.165) is 6.42 Å². The maximum atomic E-state index is 11.5. The fourth-order valence-corrected chi connectivity index (χ4v) is 1.83. The Morgan fingerprint density at radius 2 is 2.00 bits per heavy atom. The largest absolute Gasteiger partial charge is 0.355 e. The van der Waals surface area contributed by atoms with Gasteiger partial charge in [0.25, 0.3) is 0 Å². The Morgan fingerprint density at radius 3 is 2.65 bits per heavy atom. The molecule has 0 saturated heterocycles. The van der Waals surface area contributed by atoms with Crippen LogP contribution in [-0.4, -0.2) is 24.9 Å². The van der Waals surface area contributed by atoms with Crippen molar-refractivity contribution in [3.8, 4) is 0 Å². The van der Waals surface area contributed by atoms with Crippen LogP contribution in [0.2, 0.25) is 10.0 Å². The summed E-state index contributed by atoms with van der Waals surface area (Å²) in [5.74, 6) is -0.569. The molecule has 0 aliphatic carbocycles. The fourth-order valence-electron chi connectivity index (χ4n) is 1.36. The summed E-state index contributed by atoms with van der Waals surface area (Å²) in [7, 11) is 0. The smallest absolute Gasteiger partial charge is 0.244 e. The van der Waals surface area contributed by atoms with E-state index in [1.54, 1.807) is 24.3 Å². The van der Waals surface area contributed by atoms with Crippen LogP contribution in [0.4, 0.5) is 0 Å². The van der Waals surface area contributed by atoms with Crippen LogP contribution in [0.25, 0.3) is 6.08 Å². The van der Waals surface area contributed by atoms with Gasteiger partial charge >= 0.3 is 0 Å². The lowest BCUT2D eigenvalue weighted by Crippen LogP contribution is -2.36. The summed E-state index contributed by atoms with van der Waals surface area (Å²) < 4.78 is 0. The SMILES string of the molecule is CCCNC(=O)CNC(=O)/C=C/c1ccc(Cl)cc1Cl. The maximum Gasteiger partial charge on any atom is 0.244 e. The Balaban J connectivity index is 2.45. The molecule has 4 nitrogen and oxygen atoms in total. The van der Waals surface area contributed by atoms with Crippen molar-refractivity contribution in [3.63, 3.8) is 0 Å². The maximum absolute atomic E-state index is 11.5. The molecule has 0 heterocycles. The van der Waals surface area contributed by atoms with Gasteiger partial charge in [0.1, 0.15) is 0 Å². The van der Waals surface area contributed by atoms with Crippen LogP contribution in [0.5, 0.6) is 0 Å². The highest BCUT2D eigenvalue weighted by Crippen LogP contribution is 2.21. The van der Waals surface area contributed by atoms with Gasteiger partial charge in [0.15, 0.2) is 0 Å². The van der Waals surface area contributed by atoms with Crippen molar-refractivity contribution in [2.75, 3.05) is 13.1 Å². The standard InChI is InChI=1S/C14H16Cl2N2O2/c1-2-7-17-14(20)9-18-13(19)6-4-10-3-5-11(15)8-12(10)16/h3-6,8H,2,7,9H2,1H3,(H,17,20)(H,18,19)/b6-4+. The number of hydrogen-bond acceptors (Lipinski definition) is 2. The van der Waals surface area contributed by atoms with Crippen LogP contribution < -0.4 is 10.6 Å². The predicted octanol–water partition coefficient (Wildman–Crippen LogP) is 2.65. The van der Waals surface area contributed by atoms with Crippen molar-refractivity contribution in [3.05, 3.63) is 39.9 Å². The second-order valence-electron chi connectivity index (χ2n) is 4.07. The summed E-state index contributed by atoms with van der Waals surface area (Å²) in [4.78, 5) is 22.8. The van der Waals surface area contributed by atoms with Crippen LogP contribution in [0.3, 0.4) is 0 Å². The fraction of sp³-hybridized carbons (Fsp3) is 0.286. The molecule has 0 unspecified atom stereocenters. The van der Waals surface area contributed by atoms with Gasteiger partial charge in [-0.3, -0.25) is 9.59 Å². The third-order valence-electron chi connectivity index (χ3n) is 2.37. The zero-order valence-electron chi connectivity index (χ0n) is 11.1. The minimum absolute atomic E-state index is 0.0441. The quantitative estimate of drug-likeness (QED) is 0.793. The van der Waals surface area contributed by atoms with Crippen LogP contribution in [0, 0.1) is 0 Å². The Morgan fingerprint density at radius 1 is 1.25 bits per heavy atom. The van der Waals surface area contributed by atoms with Gasteiger partial charge < -0.3 is 10.6 Å². The van der Waals surface area contributed by atoms with Crippen molar-refractivity contribution < 1.29 is 9.59 Å². The average Bonchev–Trinajstić information content (AvgIpc) is 2.41. The average molecular weight is 315 g/mol. The van der Waals surface area contributed by atoms with Crippen LogP contribution >= 0.6 is 23.2 Å². The molecule has 0 aliphatic rings. The molecule has 0 radical (unpaired) electrons. The van der Waals surface area contributed by atoms with E-state index in [4.69, 9.17) is 23.2 Å². The number of benzene rings is 1. The van der Waals surface area contributed by atoms with Crippen LogP contribution in [0.1, 0.15) is 18.9 Å². The molecular formula is C14H16Cl2N2O2. The molecule has 0 fully saturated rings. The molecule has 2 N–H and O–H groups in total. The Labute approximate surface area is 128 Å². The molecule has 2 amide bonds. The van der Waals surface area contributed by atoms with E-state index in [1.807, 2.05) is 6.92 Å². The number of carbonyl (C=O) groups is 2. The van der Waals surface area contributed by atoms with E-state index in [-0.39, 0.29) is 18.4 Å². The minimum Gasteiger partial charge on any atom is -0.355 e. The highest BCUT2D eigenvalue weighted by Gasteiger charge is 2.02. The van der Waals surface area contributed by atoms with Gasteiger partial charge in [0, 0.05) is 22.7 Å². The predicted molar refractivity (Wildman–Crippen MR) is 81.8 cm³/mol. The zero-order chi connectivity index (χ0) is 15.0. The summed E-state index contributed by atoms with van der Waals surface area (Å²) in [5, 5.41) is 6.14. The topological polar surface area (TPSA) is 58.2 Å². The van der Waals surface area contributed by atoms with E-state index in [9.17, 15) is 9.59 Å². The number of rotatable bonds is 6. The number of hydrogen-bond donors (Lipinski definition) is 2. The lowest BCUT2D eigenvalue weighted by atomic mass is 10.2. The van der Waals surface area contributed by atoms with Gasteiger partial charge in [-0.15, -0.1) is 0 Å². The second kappa shape index (κ2) is 8.61. The van der Waals surface area contributed by atoms with E-state index >= 15 is 0 Å². The van der Waals surface area contributed by atoms with Gasteiger partial charge in [0.05, 0.1) is 6.54 Å². The molecule has 0 aliphatic heterocycles. The molecule has 0 aromatic heterocycles. The zero-order valence-corrected chi connectivity index (χ0v) is 12.6. The normalized spacial score (nSPS) is 10.6. The first-order chi connectivity index (χ1) is 9.52. The first-order valence-electron chi connectivity index (χ1n) is 6.20. The molecule has 108 valence electrons. The van der Waals surface area contributed by atoms with Crippen molar-refractivity contribution in [2.24, 2.45) is 0 Å². The Bertz CT molecular complexity index is 516. The molecule has 1 aromatic carbocycles. The molecule has 1 aromatic rings. The van der Waals surface area contributed by atoms with E-state index < -0.39 is 0 Å². The van der Waals surface area contributed by atoms with E-state index in [0.29, 0.717) is 22.2 Å². The first-order valence-corrected chi connectivity index (χ1v) is 6.96. The van der Waals surface area contributed by atoms with Crippen LogP contribution in [0.15, 0.2) is 24.3 Å². The minimum atomic E-state index is -0.359. The number of nitrogens with one attached hydrogen (secondary N) is 2. The van der Waals surface area contributed by atoms with Gasteiger partial charge in [-0.2, -0.15) is 0 Å². The van der Waals surface area contributed by atoms with Gasteiger partial charge in [0.2, 0.25) is 11.8 Å². The highest BCUT2D eigenvalue weighted by molar-refractivity contribution is 6.35. The molecule has 0 bridgehead atoms. The van der Waals surface area contributed by atoms with Gasteiger partial charge in [-0.05, 0) is 30.2 Å². The lowest BCUT2D eigenvalue weighted by Gasteiger charge is -2.03. The summed E-state index contributed by atoms with van der Waals surface area (Å²) in [6, 6.07) is 4.99. The molecule has 6 heteroatoms. The molecule has 0 atom stereocenters. The van der Waals surface area contributed by atoms with Crippen molar-refractivity contribution in [1.82, 2.24) is 10.6 Å². The third-order valence-corrected chi connectivity index (χ3v) is 2.93.